The van der Waals surface area contributed by atoms with Crippen molar-refractivity contribution in [1.82, 2.24) is 19.3 Å². The van der Waals surface area contributed by atoms with Gasteiger partial charge in [-0.3, -0.25) is 5.41 Å². The SMILES string of the molecule is CCOn1cnc2c1c(=N)ncn2Cc1ccccc1. The molecule has 1 aromatic carbocycles. The minimum absolute atomic E-state index is 0.162. The molecule has 6 nitrogen and oxygen atoms in total. The molecule has 0 amide bonds. The van der Waals surface area contributed by atoms with Crippen molar-refractivity contribution in [2.75, 3.05) is 6.61 Å². The van der Waals surface area contributed by atoms with Crippen LogP contribution >= 0.6 is 0 Å². The molecule has 6 heteroatoms. The van der Waals surface area contributed by atoms with Crippen LogP contribution in [0.3, 0.4) is 0 Å². The van der Waals surface area contributed by atoms with Crippen LogP contribution in [-0.2, 0) is 6.54 Å². The molecule has 0 unspecified atom stereocenters. The zero-order valence-electron chi connectivity index (χ0n) is 11.2. The molecule has 0 bridgehead atoms. The second-order valence-corrected chi connectivity index (χ2v) is 4.37. The quantitative estimate of drug-likeness (QED) is 0.774. The van der Waals surface area contributed by atoms with E-state index in [1.165, 1.54) is 4.73 Å². The average Bonchev–Trinajstić information content (AvgIpc) is 2.89. The molecule has 0 radical (unpaired) electrons. The summed E-state index contributed by atoms with van der Waals surface area (Å²) in [7, 11) is 0. The smallest absolute Gasteiger partial charge is 0.177 e. The third-order valence-electron chi connectivity index (χ3n) is 3.00. The van der Waals surface area contributed by atoms with E-state index in [1.54, 1.807) is 12.7 Å². The predicted molar refractivity (Wildman–Crippen MR) is 74.0 cm³/mol. The zero-order chi connectivity index (χ0) is 13.9. The summed E-state index contributed by atoms with van der Waals surface area (Å²) in [5, 5.41) is 7.91. The zero-order valence-corrected chi connectivity index (χ0v) is 11.2. The van der Waals surface area contributed by atoms with E-state index in [0.29, 0.717) is 24.3 Å². The topological polar surface area (TPSA) is 68.7 Å². The van der Waals surface area contributed by atoms with E-state index < -0.39 is 0 Å². The fraction of sp³-hybridized carbons (Fsp3) is 0.214. The number of nitrogens with one attached hydrogen (secondary N) is 1. The van der Waals surface area contributed by atoms with E-state index in [1.807, 2.05) is 41.8 Å². The first-order chi connectivity index (χ1) is 9.79. The van der Waals surface area contributed by atoms with Crippen molar-refractivity contribution in [1.29, 1.82) is 5.41 Å². The van der Waals surface area contributed by atoms with Gasteiger partial charge in [0.1, 0.15) is 12.9 Å². The maximum absolute atomic E-state index is 7.91. The number of nitrogens with zero attached hydrogens (tertiary/aromatic N) is 4. The molecular weight excluding hydrogens is 254 g/mol. The molecule has 0 aliphatic carbocycles. The summed E-state index contributed by atoms with van der Waals surface area (Å²) in [5.74, 6) is 0. The Morgan fingerprint density at radius 2 is 1.95 bits per heavy atom. The highest BCUT2D eigenvalue weighted by atomic mass is 16.7. The van der Waals surface area contributed by atoms with Crippen LogP contribution in [0.1, 0.15) is 12.5 Å². The van der Waals surface area contributed by atoms with Crippen LogP contribution in [0, 0.1) is 5.41 Å². The molecule has 0 aliphatic rings. The lowest BCUT2D eigenvalue weighted by molar-refractivity contribution is 0.130. The van der Waals surface area contributed by atoms with Crippen molar-refractivity contribution in [3.8, 4) is 0 Å². The Bertz CT molecular complexity index is 775. The third kappa shape index (κ3) is 2.16. The van der Waals surface area contributed by atoms with Crippen molar-refractivity contribution >= 4 is 11.2 Å². The van der Waals surface area contributed by atoms with Crippen LogP contribution < -0.4 is 10.3 Å². The van der Waals surface area contributed by atoms with Crippen LogP contribution in [0.2, 0.25) is 0 Å². The van der Waals surface area contributed by atoms with Crippen LogP contribution in [0.4, 0.5) is 0 Å². The number of aromatic nitrogens is 4. The number of rotatable bonds is 4. The Morgan fingerprint density at radius 3 is 2.70 bits per heavy atom. The van der Waals surface area contributed by atoms with Gasteiger partial charge < -0.3 is 9.40 Å². The lowest BCUT2D eigenvalue weighted by Gasteiger charge is -2.08. The highest BCUT2D eigenvalue weighted by Gasteiger charge is 2.10. The molecule has 0 aliphatic heterocycles. The van der Waals surface area contributed by atoms with Gasteiger partial charge in [-0.15, -0.1) is 0 Å². The second-order valence-electron chi connectivity index (χ2n) is 4.37. The van der Waals surface area contributed by atoms with E-state index in [2.05, 4.69) is 9.97 Å². The van der Waals surface area contributed by atoms with Gasteiger partial charge in [0.25, 0.3) is 0 Å². The Morgan fingerprint density at radius 1 is 1.15 bits per heavy atom. The molecule has 0 spiro atoms. The van der Waals surface area contributed by atoms with E-state index in [9.17, 15) is 0 Å². The Kier molecular flexibility index (Phi) is 3.20. The second kappa shape index (κ2) is 5.16. The molecule has 0 fully saturated rings. The minimum atomic E-state index is 0.162. The summed E-state index contributed by atoms with van der Waals surface area (Å²) in [5.41, 5.74) is 2.60. The van der Waals surface area contributed by atoms with Gasteiger partial charge in [0.15, 0.2) is 16.7 Å². The van der Waals surface area contributed by atoms with Crippen molar-refractivity contribution in [2.45, 2.75) is 13.5 Å². The Labute approximate surface area is 115 Å². The highest BCUT2D eigenvalue weighted by Crippen LogP contribution is 2.09. The van der Waals surface area contributed by atoms with Crippen molar-refractivity contribution in [3.05, 3.63) is 54.0 Å². The number of benzene rings is 1. The molecule has 3 rings (SSSR count). The highest BCUT2D eigenvalue weighted by molar-refractivity contribution is 5.69. The van der Waals surface area contributed by atoms with Crippen molar-refractivity contribution in [3.63, 3.8) is 0 Å². The molecule has 20 heavy (non-hydrogen) atoms. The number of fused-ring (bicyclic) bond motifs is 1. The van der Waals surface area contributed by atoms with E-state index in [4.69, 9.17) is 10.2 Å². The maximum Gasteiger partial charge on any atom is 0.177 e. The van der Waals surface area contributed by atoms with Crippen molar-refractivity contribution in [2.24, 2.45) is 0 Å². The Balaban J connectivity index is 2.09. The van der Waals surface area contributed by atoms with E-state index in [-0.39, 0.29) is 5.49 Å². The lowest BCUT2D eigenvalue weighted by atomic mass is 10.2. The van der Waals surface area contributed by atoms with E-state index in [0.717, 1.165) is 5.56 Å². The summed E-state index contributed by atoms with van der Waals surface area (Å²) < 4.78 is 3.42. The molecule has 3 aromatic rings. The largest absolute Gasteiger partial charge is 0.412 e. The van der Waals surface area contributed by atoms with Gasteiger partial charge in [-0.2, -0.15) is 4.73 Å². The normalized spacial score (nSPS) is 10.8. The molecule has 2 heterocycles. The van der Waals surface area contributed by atoms with E-state index >= 15 is 0 Å². The monoisotopic (exact) mass is 269 g/mol. The average molecular weight is 269 g/mol. The van der Waals surface area contributed by atoms with Crippen LogP contribution in [0.5, 0.6) is 0 Å². The summed E-state index contributed by atoms with van der Waals surface area (Å²) in [6.07, 6.45) is 3.22. The molecule has 2 aromatic heterocycles. The molecule has 102 valence electrons. The molecule has 0 atom stereocenters. The third-order valence-corrected chi connectivity index (χ3v) is 3.00. The lowest BCUT2D eigenvalue weighted by Crippen LogP contribution is -2.19. The number of hydrogen-bond acceptors (Lipinski definition) is 4. The molecular formula is C14H15N5O. The first-order valence-corrected chi connectivity index (χ1v) is 6.44. The molecule has 1 N–H and O–H groups in total. The maximum atomic E-state index is 7.91. The first-order valence-electron chi connectivity index (χ1n) is 6.44. The van der Waals surface area contributed by atoms with Gasteiger partial charge in [0, 0.05) is 0 Å². The van der Waals surface area contributed by atoms with Crippen LogP contribution in [-0.4, -0.2) is 25.9 Å². The fourth-order valence-corrected chi connectivity index (χ4v) is 2.12. The van der Waals surface area contributed by atoms with Gasteiger partial charge in [0.05, 0.1) is 12.9 Å². The molecule has 0 saturated heterocycles. The van der Waals surface area contributed by atoms with Gasteiger partial charge in [-0.1, -0.05) is 30.3 Å². The van der Waals surface area contributed by atoms with Crippen molar-refractivity contribution < 1.29 is 4.84 Å². The van der Waals surface area contributed by atoms with Gasteiger partial charge in [-0.25, -0.2) is 9.97 Å². The number of imidazole rings is 1. The van der Waals surface area contributed by atoms with Crippen LogP contribution in [0.25, 0.3) is 11.2 Å². The summed E-state index contributed by atoms with van der Waals surface area (Å²) in [6, 6.07) is 10.1. The number of hydrogen-bond donors (Lipinski definition) is 1. The van der Waals surface area contributed by atoms with Gasteiger partial charge >= 0.3 is 0 Å². The Hall–Kier alpha value is -2.63. The fourth-order valence-electron chi connectivity index (χ4n) is 2.12. The standard InChI is InChI=1S/C14H15N5O/c1-2-20-19-10-17-14-12(19)13(15)16-9-18(14)8-11-6-4-3-5-7-11/h3-7,9-10,15H,2,8H2,1H3. The summed E-state index contributed by atoms with van der Waals surface area (Å²) in [4.78, 5) is 13.9. The van der Waals surface area contributed by atoms with Crippen LogP contribution in [0.15, 0.2) is 43.0 Å². The van der Waals surface area contributed by atoms with Gasteiger partial charge in [0.2, 0.25) is 0 Å². The molecule has 0 saturated carbocycles. The minimum Gasteiger partial charge on any atom is -0.412 e. The predicted octanol–water partition coefficient (Wildman–Crippen LogP) is 1.21. The summed E-state index contributed by atoms with van der Waals surface area (Å²) in [6.45, 7) is 3.07. The summed E-state index contributed by atoms with van der Waals surface area (Å²) >= 11 is 0. The van der Waals surface area contributed by atoms with Gasteiger partial charge in [-0.05, 0) is 12.5 Å². The first kappa shape index (κ1) is 12.4.